The molecule has 2 saturated heterocycles. The predicted octanol–water partition coefficient (Wildman–Crippen LogP) is 3.28. The molecule has 1 aromatic rings. The summed E-state index contributed by atoms with van der Waals surface area (Å²) in [6.07, 6.45) is 4.24. The lowest BCUT2D eigenvalue weighted by Gasteiger charge is -2.24. The zero-order valence-electron chi connectivity index (χ0n) is 12.1. The molecule has 21 heavy (non-hydrogen) atoms. The maximum absolute atomic E-state index is 12.4. The van der Waals surface area contributed by atoms with E-state index in [0.29, 0.717) is 24.4 Å². The van der Waals surface area contributed by atoms with Crippen LogP contribution < -0.4 is 5.32 Å². The Kier molecular flexibility index (Phi) is 5.24. The van der Waals surface area contributed by atoms with Gasteiger partial charge >= 0.3 is 0 Å². The van der Waals surface area contributed by atoms with Crippen molar-refractivity contribution in [3.8, 4) is 0 Å². The van der Waals surface area contributed by atoms with Gasteiger partial charge in [-0.25, -0.2) is 0 Å². The number of likely N-dealkylation sites (tertiary alicyclic amines) is 1. The third-order valence-corrected chi connectivity index (χ3v) is 6.32. The molecular weight excluding hydrogens is 348 g/mol. The zero-order chi connectivity index (χ0) is 14.7. The molecular formula is C16H21BrN2OS. The van der Waals surface area contributed by atoms with E-state index in [1.807, 2.05) is 18.2 Å². The summed E-state index contributed by atoms with van der Waals surface area (Å²) in [5.41, 5.74) is 0. The van der Waals surface area contributed by atoms with Gasteiger partial charge in [-0.05, 0) is 47.3 Å². The number of hydrogen-bond donors (Lipinski definition) is 1. The lowest BCUT2D eigenvalue weighted by Crippen LogP contribution is -2.39. The van der Waals surface area contributed by atoms with Crippen molar-refractivity contribution in [2.75, 3.05) is 18.8 Å². The highest BCUT2D eigenvalue weighted by Gasteiger charge is 2.30. The van der Waals surface area contributed by atoms with Gasteiger partial charge in [-0.3, -0.25) is 4.79 Å². The number of carbonyl (C=O) groups excluding carboxylic acids is 1. The van der Waals surface area contributed by atoms with Crippen LogP contribution in [0.3, 0.4) is 0 Å². The molecule has 2 aliphatic rings. The van der Waals surface area contributed by atoms with E-state index in [0.717, 1.165) is 29.7 Å². The molecule has 3 nitrogen and oxygen atoms in total. The van der Waals surface area contributed by atoms with E-state index in [-0.39, 0.29) is 0 Å². The Hall–Kier alpha value is -0.520. The van der Waals surface area contributed by atoms with Gasteiger partial charge < -0.3 is 10.2 Å². The topological polar surface area (TPSA) is 32.3 Å². The maximum Gasteiger partial charge on any atom is 0.223 e. The van der Waals surface area contributed by atoms with Gasteiger partial charge in [0, 0.05) is 46.7 Å². The molecule has 1 amide bonds. The fourth-order valence-corrected chi connectivity index (χ4v) is 4.64. The minimum atomic E-state index is 0.309. The first-order valence-corrected chi connectivity index (χ1v) is 9.41. The van der Waals surface area contributed by atoms with Crippen LogP contribution in [0.25, 0.3) is 0 Å². The Morgan fingerprint density at radius 3 is 2.95 bits per heavy atom. The molecule has 114 valence electrons. The van der Waals surface area contributed by atoms with Gasteiger partial charge in [0.15, 0.2) is 0 Å². The van der Waals surface area contributed by atoms with Crippen LogP contribution >= 0.6 is 27.7 Å². The number of hydrogen-bond acceptors (Lipinski definition) is 3. The quantitative estimate of drug-likeness (QED) is 0.827. The third-order valence-electron chi connectivity index (χ3n) is 4.29. The molecule has 5 heteroatoms. The third kappa shape index (κ3) is 4.02. The summed E-state index contributed by atoms with van der Waals surface area (Å²) >= 11 is 5.30. The fourth-order valence-electron chi connectivity index (χ4n) is 3.14. The Labute approximate surface area is 139 Å². The largest absolute Gasteiger partial charge is 0.341 e. The van der Waals surface area contributed by atoms with Gasteiger partial charge in [0.25, 0.3) is 0 Å². The number of halogens is 1. The summed E-state index contributed by atoms with van der Waals surface area (Å²) < 4.78 is 1.11. The van der Waals surface area contributed by atoms with Gasteiger partial charge in [-0.1, -0.05) is 12.1 Å². The van der Waals surface area contributed by atoms with Crippen molar-refractivity contribution in [3.05, 3.63) is 28.7 Å². The van der Waals surface area contributed by atoms with E-state index in [2.05, 4.69) is 32.2 Å². The molecule has 2 bridgehead atoms. The first-order chi connectivity index (χ1) is 10.2. The number of amides is 1. The molecule has 2 fully saturated rings. The highest BCUT2D eigenvalue weighted by atomic mass is 79.9. The van der Waals surface area contributed by atoms with Crippen molar-refractivity contribution in [3.63, 3.8) is 0 Å². The highest BCUT2D eigenvalue weighted by molar-refractivity contribution is 9.10. The average Bonchev–Trinajstić information content (AvgIpc) is 2.80. The standard InChI is InChI=1S/C16H21BrN2OS/c17-14-3-1-2-4-15(14)21-10-8-16(20)19-9-7-12-5-6-13(11-19)18-12/h1-4,12-13,18H,5-11H2. The summed E-state index contributed by atoms with van der Waals surface area (Å²) in [4.78, 5) is 15.7. The fraction of sp³-hybridized carbons (Fsp3) is 0.562. The molecule has 3 rings (SSSR count). The molecule has 2 atom stereocenters. The number of thioether (sulfide) groups is 1. The number of benzene rings is 1. The first kappa shape index (κ1) is 15.4. The molecule has 2 aliphatic heterocycles. The molecule has 1 N–H and O–H groups in total. The van der Waals surface area contributed by atoms with Gasteiger partial charge in [-0.2, -0.15) is 0 Å². The number of fused-ring (bicyclic) bond motifs is 2. The van der Waals surface area contributed by atoms with E-state index >= 15 is 0 Å². The number of carbonyl (C=O) groups is 1. The summed E-state index contributed by atoms with van der Waals surface area (Å²) in [7, 11) is 0. The SMILES string of the molecule is O=C(CCSc1ccccc1Br)N1CCC2CCC(C1)N2. The monoisotopic (exact) mass is 368 g/mol. The van der Waals surface area contributed by atoms with Gasteiger partial charge in [0.05, 0.1) is 0 Å². The van der Waals surface area contributed by atoms with Crippen LogP contribution in [0, 0.1) is 0 Å². The van der Waals surface area contributed by atoms with Crippen molar-refractivity contribution in [1.82, 2.24) is 10.2 Å². The zero-order valence-corrected chi connectivity index (χ0v) is 14.5. The molecule has 2 unspecified atom stereocenters. The van der Waals surface area contributed by atoms with Crippen molar-refractivity contribution < 1.29 is 4.79 Å². The summed E-state index contributed by atoms with van der Waals surface area (Å²) in [6, 6.07) is 9.35. The lowest BCUT2D eigenvalue weighted by molar-refractivity contribution is -0.130. The van der Waals surface area contributed by atoms with Crippen molar-refractivity contribution in [2.45, 2.75) is 42.7 Å². The Morgan fingerprint density at radius 2 is 2.10 bits per heavy atom. The number of nitrogens with one attached hydrogen (secondary N) is 1. The molecule has 1 aromatic carbocycles. The Morgan fingerprint density at radius 1 is 1.29 bits per heavy atom. The molecule has 0 radical (unpaired) electrons. The lowest BCUT2D eigenvalue weighted by atomic mass is 10.1. The van der Waals surface area contributed by atoms with Gasteiger partial charge in [-0.15, -0.1) is 11.8 Å². The Balaban J connectivity index is 1.47. The van der Waals surface area contributed by atoms with Crippen molar-refractivity contribution >= 4 is 33.6 Å². The number of rotatable bonds is 4. The Bertz CT molecular complexity index is 511. The van der Waals surface area contributed by atoms with Crippen molar-refractivity contribution in [2.24, 2.45) is 0 Å². The minimum Gasteiger partial charge on any atom is -0.341 e. The summed E-state index contributed by atoms with van der Waals surface area (Å²) in [5.74, 6) is 1.16. The molecule has 0 saturated carbocycles. The normalized spacial score (nSPS) is 24.9. The highest BCUT2D eigenvalue weighted by Crippen LogP contribution is 2.28. The van der Waals surface area contributed by atoms with Gasteiger partial charge in [0.2, 0.25) is 5.91 Å². The molecule has 0 spiro atoms. The van der Waals surface area contributed by atoms with E-state index in [1.54, 1.807) is 11.8 Å². The second-order valence-corrected chi connectivity index (χ2v) is 7.79. The van der Waals surface area contributed by atoms with Crippen LogP contribution in [0.5, 0.6) is 0 Å². The van der Waals surface area contributed by atoms with Crippen molar-refractivity contribution in [1.29, 1.82) is 0 Å². The predicted molar refractivity (Wildman–Crippen MR) is 90.6 cm³/mol. The van der Waals surface area contributed by atoms with Gasteiger partial charge in [0.1, 0.15) is 0 Å². The van der Waals surface area contributed by atoms with Crippen LogP contribution in [0.2, 0.25) is 0 Å². The van der Waals surface area contributed by atoms with E-state index in [9.17, 15) is 4.79 Å². The molecule has 0 aliphatic carbocycles. The van der Waals surface area contributed by atoms with Crippen LogP contribution in [-0.4, -0.2) is 41.7 Å². The van der Waals surface area contributed by atoms with Crippen LogP contribution in [0.4, 0.5) is 0 Å². The maximum atomic E-state index is 12.4. The first-order valence-electron chi connectivity index (χ1n) is 7.63. The van der Waals surface area contributed by atoms with Crippen LogP contribution in [0.1, 0.15) is 25.7 Å². The summed E-state index contributed by atoms with van der Waals surface area (Å²) in [5, 5.41) is 3.62. The second kappa shape index (κ2) is 7.16. The molecule has 2 heterocycles. The van der Waals surface area contributed by atoms with Crippen LogP contribution in [0.15, 0.2) is 33.6 Å². The van der Waals surface area contributed by atoms with E-state index in [1.165, 1.54) is 17.7 Å². The minimum absolute atomic E-state index is 0.309. The second-order valence-electron chi connectivity index (χ2n) is 5.80. The smallest absolute Gasteiger partial charge is 0.223 e. The number of nitrogens with zero attached hydrogens (tertiary/aromatic N) is 1. The van der Waals surface area contributed by atoms with E-state index in [4.69, 9.17) is 0 Å². The average molecular weight is 369 g/mol. The van der Waals surface area contributed by atoms with Crippen LogP contribution in [-0.2, 0) is 4.79 Å². The molecule has 0 aromatic heterocycles. The summed E-state index contributed by atoms with van der Waals surface area (Å²) in [6.45, 7) is 1.82. The van der Waals surface area contributed by atoms with E-state index < -0.39 is 0 Å².